The number of halogens is 1. The van der Waals surface area contributed by atoms with Crippen molar-refractivity contribution in [3.05, 3.63) is 119 Å². The molecule has 4 atom stereocenters. The minimum Gasteiger partial charge on any atom is -1.00 e. The number of para-hydroxylation sites is 4. The molecule has 4 aromatic carbocycles. The Morgan fingerprint density at radius 1 is 0.578 bits per heavy atom. The lowest BCUT2D eigenvalue weighted by atomic mass is 9.88. The SMILES string of the molecule is CCCC(C[N+](C)(CC)CCC)OC(=O)C1c2ccccc2Oc2ccccc21.CCCC(C[N+](C)(CC)CCC)OC(=O)C1c2ccccc2Oc2ccccc21.O=P([O-])(O)O.[Cl-]. The summed E-state index contributed by atoms with van der Waals surface area (Å²) >= 11 is 0. The lowest BCUT2D eigenvalue weighted by Gasteiger charge is -2.36. The van der Waals surface area contributed by atoms with Gasteiger partial charge in [0, 0.05) is 22.3 Å². The third-order valence-electron chi connectivity index (χ3n) is 12.0. The molecule has 2 aliphatic rings. The standard InChI is InChI=1S/2C25H34NO3.ClH.H3O4P/c2*1-5-12-19(18-26(4,7-3)17-6-2)28-25(27)24-20-13-8-10-15-22(20)29-23-16-11-9-14-21(23)24;;1-5(2,3)4/h2*8-11,13-16,19,24H,5-7,12,17-18H2,1-4H3;1H;(H3,1,2,3,4)/q2*+1;;/p-2. The van der Waals surface area contributed by atoms with Crippen LogP contribution in [0.4, 0.5) is 0 Å². The Morgan fingerprint density at radius 3 is 1.08 bits per heavy atom. The van der Waals surface area contributed by atoms with Crippen molar-refractivity contribution >= 4 is 19.8 Å². The number of carbonyl (C=O) groups is 2. The van der Waals surface area contributed by atoms with Gasteiger partial charge in [-0.2, -0.15) is 0 Å². The molecule has 0 fully saturated rings. The van der Waals surface area contributed by atoms with Gasteiger partial charge in [-0.15, -0.1) is 0 Å². The maximum absolute atomic E-state index is 13.5. The molecule has 0 saturated heterocycles. The molecule has 6 rings (SSSR count). The Kier molecular flexibility index (Phi) is 21.5. The highest BCUT2D eigenvalue weighted by atomic mass is 35.5. The molecule has 2 heterocycles. The van der Waals surface area contributed by atoms with E-state index >= 15 is 0 Å². The van der Waals surface area contributed by atoms with Gasteiger partial charge < -0.3 is 55.0 Å². The van der Waals surface area contributed by atoms with E-state index in [1.165, 1.54) is 0 Å². The van der Waals surface area contributed by atoms with Crippen LogP contribution in [-0.2, 0) is 23.6 Å². The molecule has 64 heavy (non-hydrogen) atoms. The summed E-state index contributed by atoms with van der Waals surface area (Å²) < 4.78 is 35.0. The molecular weight excluding hydrogens is 855 g/mol. The van der Waals surface area contributed by atoms with E-state index in [-0.39, 0.29) is 36.6 Å². The molecule has 0 radical (unpaired) electrons. The summed E-state index contributed by atoms with van der Waals surface area (Å²) in [4.78, 5) is 49.8. The summed E-state index contributed by atoms with van der Waals surface area (Å²) in [7, 11) is -0.363. The first kappa shape index (κ1) is 54.1. The second-order valence-electron chi connectivity index (χ2n) is 17.1. The Labute approximate surface area is 387 Å². The van der Waals surface area contributed by atoms with Crippen LogP contribution in [0.5, 0.6) is 23.0 Å². The van der Waals surface area contributed by atoms with Crippen molar-refractivity contribution in [1.82, 2.24) is 0 Å². The third-order valence-corrected chi connectivity index (χ3v) is 12.0. The van der Waals surface area contributed by atoms with Gasteiger partial charge in [0.05, 0.1) is 40.3 Å². The zero-order valence-electron chi connectivity index (χ0n) is 38.9. The quantitative estimate of drug-likeness (QED) is 0.0646. The first-order valence-corrected chi connectivity index (χ1v) is 24.1. The van der Waals surface area contributed by atoms with Gasteiger partial charge in [0.1, 0.15) is 47.9 Å². The van der Waals surface area contributed by atoms with Crippen LogP contribution < -0.4 is 26.8 Å². The molecule has 352 valence electrons. The predicted octanol–water partition coefficient (Wildman–Crippen LogP) is 6.47. The molecule has 0 spiro atoms. The van der Waals surface area contributed by atoms with Crippen LogP contribution >= 0.6 is 7.82 Å². The summed E-state index contributed by atoms with van der Waals surface area (Å²) in [5.74, 6) is 1.71. The molecule has 4 aromatic rings. The summed E-state index contributed by atoms with van der Waals surface area (Å²) in [6.07, 6.45) is 5.85. The fourth-order valence-corrected chi connectivity index (χ4v) is 8.63. The van der Waals surface area contributed by atoms with Crippen molar-refractivity contribution in [2.24, 2.45) is 0 Å². The highest BCUT2D eigenvalue weighted by molar-refractivity contribution is 7.43. The highest BCUT2D eigenvalue weighted by Gasteiger charge is 2.38. The first-order valence-electron chi connectivity index (χ1n) is 22.6. The highest BCUT2D eigenvalue weighted by Crippen LogP contribution is 2.46. The van der Waals surface area contributed by atoms with E-state index in [0.29, 0.717) is 0 Å². The predicted molar refractivity (Wildman–Crippen MR) is 245 cm³/mol. The summed E-state index contributed by atoms with van der Waals surface area (Å²) in [6, 6.07) is 31.1. The molecule has 0 amide bonds. The normalized spacial score (nSPS) is 15.5. The average Bonchev–Trinajstić information content (AvgIpc) is 3.24. The van der Waals surface area contributed by atoms with E-state index in [4.69, 9.17) is 38.2 Å². The molecule has 12 nitrogen and oxygen atoms in total. The fourth-order valence-electron chi connectivity index (χ4n) is 8.63. The maximum atomic E-state index is 13.5. The number of phosphoric acid groups is 1. The third kappa shape index (κ3) is 15.4. The summed E-state index contributed by atoms with van der Waals surface area (Å²) in [5, 5.41) is 0. The number of benzene rings is 4. The zero-order valence-corrected chi connectivity index (χ0v) is 40.6. The molecule has 2 aliphatic heterocycles. The van der Waals surface area contributed by atoms with Gasteiger partial charge in [-0.25, -0.2) is 0 Å². The number of ether oxygens (including phenoxy) is 4. The van der Waals surface area contributed by atoms with Gasteiger partial charge in [0.2, 0.25) is 0 Å². The summed E-state index contributed by atoms with van der Waals surface area (Å²) in [6.45, 7) is 19.1. The molecule has 0 saturated carbocycles. The molecule has 14 heteroatoms. The van der Waals surface area contributed by atoms with Gasteiger partial charge in [0.15, 0.2) is 12.2 Å². The van der Waals surface area contributed by atoms with Crippen molar-refractivity contribution in [1.29, 1.82) is 0 Å². The van der Waals surface area contributed by atoms with Gasteiger partial charge in [-0.1, -0.05) is 113 Å². The van der Waals surface area contributed by atoms with Crippen molar-refractivity contribution in [3.63, 3.8) is 0 Å². The molecule has 4 unspecified atom stereocenters. The van der Waals surface area contributed by atoms with Crippen LogP contribution in [0.25, 0.3) is 0 Å². The lowest BCUT2D eigenvalue weighted by molar-refractivity contribution is -0.910. The smallest absolute Gasteiger partial charge is 0.318 e. The van der Waals surface area contributed by atoms with Crippen LogP contribution in [0, 0.1) is 0 Å². The second kappa shape index (κ2) is 25.4. The fraction of sp³-hybridized carbons (Fsp3) is 0.480. The van der Waals surface area contributed by atoms with Crippen LogP contribution in [0.15, 0.2) is 97.1 Å². The Morgan fingerprint density at radius 2 is 0.844 bits per heavy atom. The van der Waals surface area contributed by atoms with E-state index in [9.17, 15) is 9.59 Å². The number of hydrogen-bond donors (Lipinski definition) is 2. The molecule has 0 bridgehead atoms. The number of carbonyl (C=O) groups excluding carboxylic acids is 2. The lowest BCUT2D eigenvalue weighted by Crippen LogP contribution is -3.00. The maximum Gasteiger partial charge on any atom is 0.318 e. The van der Waals surface area contributed by atoms with Gasteiger partial charge >= 0.3 is 11.9 Å². The van der Waals surface area contributed by atoms with E-state index in [0.717, 1.165) is 132 Å². The van der Waals surface area contributed by atoms with E-state index in [2.05, 4.69) is 55.6 Å². The Balaban J connectivity index is 0.000000303. The zero-order chi connectivity index (χ0) is 46.2. The largest absolute Gasteiger partial charge is 1.00 e. The molecule has 0 aromatic heterocycles. The molecule has 0 aliphatic carbocycles. The summed E-state index contributed by atoms with van der Waals surface area (Å²) in [5.41, 5.74) is 3.53. The van der Waals surface area contributed by atoms with E-state index in [1.54, 1.807) is 0 Å². The van der Waals surface area contributed by atoms with Gasteiger partial charge in [0.25, 0.3) is 7.82 Å². The van der Waals surface area contributed by atoms with Crippen LogP contribution in [0.3, 0.4) is 0 Å². The van der Waals surface area contributed by atoms with E-state index < -0.39 is 19.7 Å². The van der Waals surface area contributed by atoms with Crippen LogP contribution in [0.1, 0.15) is 114 Å². The number of nitrogens with zero attached hydrogens (tertiary/aromatic N) is 2. The number of fused-ring (bicyclic) bond motifs is 4. The number of quaternary nitrogens is 2. The number of likely N-dealkylation sites (N-methyl/N-ethyl adjacent to an activating group) is 2. The van der Waals surface area contributed by atoms with Gasteiger partial charge in [-0.3, -0.25) is 14.2 Å². The minimum atomic E-state index is -4.89. The monoisotopic (exact) mass is 924 g/mol. The number of hydrogen-bond acceptors (Lipinski definition) is 8. The molecule has 2 N–H and O–H groups in total. The molecular formula is C50H70ClN2O10P. The van der Waals surface area contributed by atoms with Crippen LogP contribution in [0.2, 0.25) is 0 Å². The van der Waals surface area contributed by atoms with Crippen LogP contribution in [-0.4, -0.2) is 96.3 Å². The Hall–Kier alpha value is -4.26. The van der Waals surface area contributed by atoms with Crippen molar-refractivity contribution in [2.45, 2.75) is 104 Å². The topological polar surface area (TPSA) is 152 Å². The van der Waals surface area contributed by atoms with Crippen molar-refractivity contribution in [2.75, 3.05) is 53.4 Å². The average molecular weight is 926 g/mol. The first-order chi connectivity index (χ1) is 30.0. The van der Waals surface area contributed by atoms with Crippen molar-refractivity contribution < 1.29 is 69.2 Å². The van der Waals surface area contributed by atoms with Crippen molar-refractivity contribution in [3.8, 4) is 23.0 Å². The Bertz CT molecular complexity index is 1900. The second-order valence-corrected chi connectivity index (χ2v) is 18.1. The van der Waals surface area contributed by atoms with Gasteiger partial charge in [-0.05, 0) is 63.8 Å². The van der Waals surface area contributed by atoms with E-state index in [1.807, 2.05) is 97.1 Å². The number of rotatable bonds is 18. The minimum absolute atomic E-state index is 0. The number of esters is 2.